The average molecular weight is 474 g/mol. The highest BCUT2D eigenvalue weighted by atomic mass is 79.9. The van der Waals surface area contributed by atoms with Gasteiger partial charge in [0.15, 0.2) is 6.29 Å². The van der Waals surface area contributed by atoms with Gasteiger partial charge in [-0.2, -0.15) is 0 Å². The van der Waals surface area contributed by atoms with Crippen molar-refractivity contribution in [1.29, 1.82) is 0 Å². The van der Waals surface area contributed by atoms with Crippen LogP contribution in [0.25, 0.3) is 0 Å². The average Bonchev–Trinajstić information content (AvgIpc) is 3.00. The number of carbonyl (C=O) groups excluding carboxylic acids is 1. The molecule has 0 N–H and O–H groups in total. The highest BCUT2D eigenvalue weighted by Crippen LogP contribution is 2.41. The van der Waals surface area contributed by atoms with Crippen molar-refractivity contribution in [1.82, 2.24) is 9.97 Å². The normalized spacial score (nSPS) is 21.7. The maximum Gasteiger partial charge on any atom is 0.236 e. The van der Waals surface area contributed by atoms with Crippen LogP contribution in [0.2, 0.25) is 0 Å². The maximum atomic E-state index is 13.4. The van der Waals surface area contributed by atoms with Crippen LogP contribution < -0.4 is 4.90 Å². The van der Waals surface area contributed by atoms with Crippen LogP contribution >= 0.6 is 15.9 Å². The molecule has 0 saturated carbocycles. The molecule has 2 unspecified atom stereocenters. The zero-order valence-corrected chi connectivity index (χ0v) is 19.3. The molecule has 0 aromatic carbocycles. The Kier molecular flexibility index (Phi) is 6.23. The molecule has 4 heterocycles. The van der Waals surface area contributed by atoms with Crippen molar-refractivity contribution >= 4 is 27.7 Å². The fourth-order valence-electron chi connectivity index (χ4n) is 4.14. The van der Waals surface area contributed by atoms with Crippen LogP contribution in [0.3, 0.4) is 0 Å². The molecule has 160 valence electrons. The summed E-state index contributed by atoms with van der Waals surface area (Å²) >= 11 is 3.51. The van der Waals surface area contributed by atoms with Crippen molar-refractivity contribution in [2.75, 3.05) is 11.5 Å². The molecule has 2 aromatic heterocycles. The van der Waals surface area contributed by atoms with Gasteiger partial charge in [0.2, 0.25) is 5.91 Å². The van der Waals surface area contributed by atoms with Crippen molar-refractivity contribution in [3.63, 3.8) is 0 Å². The summed E-state index contributed by atoms with van der Waals surface area (Å²) in [4.78, 5) is 24.4. The molecule has 2 aliphatic rings. The number of pyridine rings is 2. The number of fused-ring (bicyclic) bond motifs is 1. The molecular weight excluding hydrogens is 446 g/mol. The molecule has 4 rings (SSSR count). The summed E-state index contributed by atoms with van der Waals surface area (Å²) < 4.78 is 12.6. The minimum Gasteiger partial charge on any atom is -0.353 e. The van der Waals surface area contributed by atoms with Gasteiger partial charge in [-0.1, -0.05) is 6.07 Å². The lowest BCUT2D eigenvalue weighted by atomic mass is 9.94. The summed E-state index contributed by atoms with van der Waals surface area (Å²) in [5.74, 6) is 0.528. The summed E-state index contributed by atoms with van der Waals surface area (Å²) in [7, 11) is 0. The minimum atomic E-state index is -0.341. The van der Waals surface area contributed by atoms with E-state index in [0.29, 0.717) is 13.0 Å². The van der Waals surface area contributed by atoms with E-state index in [1.807, 2.05) is 43.9 Å². The Morgan fingerprint density at radius 1 is 1.30 bits per heavy atom. The monoisotopic (exact) mass is 473 g/mol. The number of rotatable bonds is 5. The Morgan fingerprint density at radius 2 is 2.13 bits per heavy atom. The Labute approximate surface area is 186 Å². The van der Waals surface area contributed by atoms with Gasteiger partial charge in [0, 0.05) is 52.3 Å². The molecule has 2 aromatic rings. The van der Waals surface area contributed by atoms with Crippen LogP contribution in [0.4, 0.5) is 5.82 Å². The Bertz CT molecular complexity index is 922. The zero-order chi connectivity index (χ0) is 21.3. The van der Waals surface area contributed by atoms with Crippen LogP contribution in [0.5, 0.6) is 0 Å². The first-order valence-corrected chi connectivity index (χ1v) is 11.3. The summed E-state index contributed by atoms with van der Waals surface area (Å²) in [6.07, 6.45) is 7.00. The van der Waals surface area contributed by atoms with Gasteiger partial charge in [-0.25, -0.2) is 4.98 Å². The van der Waals surface area contributed by atoms with Crippen LogP contribution in [0, 0.1) is 0 Å². The molecule has 2 aliphatic heterocycles. The van der Waals surface area contributed by atoms with Gasteiger partial charge < -0.3 is 9.47 Å². The molecule has 1 fully saturated rings. The molecule has 0 bridgehead atoms. The van der Waals surface area contributed by atoms with E-state index in [4.69, 9.17) is 9.47 Å². The lowest BCUT2D eigenvalue weighted by Crippen LogP contribution is -2.45. The second-order valence-corrected chi connectivity index (χ2v) is 9.80. The molecule has 7 heteroatoms. The largest absolute Gasteiger partial charge is 0.353 e. The second-order valence-electron chi connectivity index (χ2n) is 8.88. The smallest absolute Gasteiger partial charge is 0.236 e. The number of aromatic nitrogens is 2. The van der Waals surface area contributed by atoms with Crippen molar-refractivity contribution in [2.45, 2.75) is 70.8 Å². The Morgan fingerprint density at radius 3 is 2.87 bits per heavy atom. The van der Waals surface area contributed by atoms with Crippen LogP contribution in [0.15, 0.2) is 35.1 Å². The van der Waals surface area contributed by atoms with E-state index in [-0.39, 0.29) is 23.7 Å². The molecule has 0 aliphatic carbocycles. The number of hydrogen-bond acceptors (Lipinski definition) is 5. The number of ether oxygens (including phenoxy) is 2. The van der Waals surface area contributed by atoms with E-state index < -0.39 is 0 Å². The second kappa shape index (κ2) is 8.73. The van der Waals surface area contributed by atoms with E-state index in [0.717, 1.165) is 53.0 Å². The summed E-state index contributed by atoms with van der Waals surface area (Å²) in [6.45, 7) is 7.26. The van der Waals surface area contributed by atoms with Crippen molar-refractivity contribution < 1.29 is 14.3 Å². The van der Waals surface area contributed by atoms with Gasteiger partial charge in [0.05, 0.1) is 12.5 Å². The fourth-order valence-corrected chi connectivity index (χ4v) is 4.52. The van der Waals surface area contributed by atoms with Crippen molar-refractivity contribution in [3.8, 4) is 0 Å². The van der Waals surface area contributed by atoms with Gasteiger partial charge in [-0.3, -0.25) is 14.7 Å². The summed E-state index contributed by atoms with van der Waals surface area (Å²) in [5.41, 5.74) is 2.47. The third-order valence-electron chi connectivity index (χ3n) is 5.58. The van der Waals surface area contributed by atoms with E-state index in [9.17, 15) is 4.79 Å². The fraction of sp³-hybridized carbons (Fsp3) is 0.522. The molecular formula is C23H28BrN3O3. The molecule has 0 spiro atoms. The third kappa shape index (κ3) is 4.43. The van der Waals surface area contributed by atoms with E-state index in [1.165, 1.54) is 0 Å². The number of hydrogen-bond donors (Lipinski definition) is 0. The molecule has 1 amide bonds. The molecule has 0 radical (unpaired) electrons. The predicted octanol–water partition coefficient (Wildman–Crippen LogP) is 4.75. The Balaban J connectivity index is 1.59. The third-order valence-corrected chi connectivity index (χ3v) is 6.01. The lowest BCUT2D eigenvalue weighted by molar-refractivity contribution is -0.169. The zero-order valence-electron chi connectivity index (χ0n) is 17.7. The van der Waals surface area contributed by atoms with Gasteiger partial charge in [0.25, 0.3) is 0 Å². The highest BCUT2D eigenvalue weighted by Gasteiger charge is 2.43. The van der Waals surface area contributed by atoms with E-state index >= 15 is 0 Å². The summed E-state index contributed by atoms with van der Waals surface area (Å²) in [5, 5.41) is 0. The molecule has 1 saturated heterocycles. The van der Waals surface area contributed by atoms with Gasteiger partial charge >= 0.3 is 0 Å². The Hall–Kier alpha value is -1.83. The van der Waals surface area contributed by atoms with E-state index in [1.54, 1.807) is 12.4 Å². The quantitative estimate of drug-likeness (QED) is 0.626. The maximum absolute atomic E-state index is 13.4. The first-order valence-electron chi connectivity index (χ1n) is 10.5. The SMILES string of the molecule is CC(C)(C)N1C(=O)C(Cc2ncc(Br)cc2COC2CCCCO2)c2cccnc21. The topological polar surface area (TPSA) is 64.6 Å². The number of amides is 1. The van der Waals surface area contributed by atoms with Crippen molar-refractivity contribution in [2.24, 2.45) is 0 Å². The molecule has 2 atom stereocenters. The number of carbonyl (C=O) groups is 1. The molecule has 6 nitrogen and oxygen atoms in total. The van der Waals surface area contributed by atoms with Crippen LogP contribution in [-0.2, 0) is 27.3 Å². The van der Waals surface area contributed by atoms with Crippen LogP contribution in [0.1, 0.15) is 62.8 Å². The van der Waals surface area contributed by atoms with Gasteiger partial charge in [-0.15, -0.1) is 0 Å². The lowest BCUT2D eigenvalue weighted by Gasteiger charge is -2.32. The molecule has 30 heavy (non-hydrogen) atoms. The first-order chi connectivity index (χ1) is 14.3. The predicted molar refractivity (Wildman–Crippen MR) is 118 cm³/mol. The van der Waals surface area contributed by atoms with Crippen LogP contribution in [-0.4, -0.2) is 34.3 Å². The number of anilines is 1. The minimum absolute atomic E-state index is 0.0726. The standard InChI is InChI=1S/C23H28BrN3O3/c1-23(2,3)27-21-17(7-6-9-25-21)18(22(27)28)12-19-15(11-16(24)13-26-19)14-30-20-8-4-5-10-29-20/h6-7,9,11,13,18,20H,4-5,8,10,12,14H2,1-3H3. The van der Waals surface area contributed by atoms with Gasteiger partial charge in [-0.05, 0) is 68.1 Å². The van der Waals surface area contributed by atoms with Gasteiger partial charge in [0.1, 0.15) is 5.82 Å². The summed E-state index contributed by atoms with van der Waals surface area (Å²) in [6, 6.07) is 5.92. The highest BCUT2D eigenvalue weighted by molar-refractivity contribution is 9.10. The first kappa shape index (κ1) is 21.4. The number of halogens is 1. The number of nitrogens with zero attached hydrogens (tertiary/aromatic N) is 3. The van der Waals surface area contributed by atoms with E-state index in [2.05, 4.69) is 25.9 Å². The van der Waals surface area contributed by atoms with Crippen molar-refractivity contribution in [3.05, 3.63) is 51.9 Å².